The first-order valence-electron chi connectivity index (χ1n) is 21.6. The summed E-state index contributed by atoms with van der Waals surface area (Å²) in [6, 6.07) is -3.10. The van der Waals surface area contributed by atoms with Crippen LogP contribution in [0.4, 0.5) is 0 Å². The molecule has 0 spiro atoms. The van der Waals surface area contributed by atoms with Crippen LogP contribution in [-0.2, 0) is 60.8 Å². The molecule has 21 heteroatoms. The maximum Gasteiger partial charge on any atom is 0.472 e. The number of imidazole rings is 1. The van der Waals surface area contributed by atoms with Gasteiger partial charge in [0, 0.05) is 48.6 Å². The minimum Gasteiger partial charge on any atom is -0.394 e. The summed E-state index contributed by atoms with van der Waals surface area (Å²) in [6.45, 7) is 11.7. The molecule has 2 aromatic heterocycles. The Balaban J connectivity index is 1.56. The van der Waals surface area contributed by atoms with E-state index in [1.165, 1.54) is 30.1 Å². The maximum atomic E-state index is 14.3. The van der Waals surface area contributed by atoms with Crippen LogP contribution in [0.2, 0.25) is 0 Å². The average Bonchev–Trinajstić information content (AvgIpc) is 4.01. The molecule has 0 saturated carbocycles. The molecule has 64 heavy (non-hydrogen) atoms. The summed E-state index contributed by atoms with van der Waals surface area (Å²) in [5, 5.41) is 22.5. The molecular formula is C43H65N8O11PS. The van der Waals surface area contributed by atoms with Crippen molar-refractivity contribution in [3.63, 3.8) is 0 Å². The third-order valence-corrected chi connectivity index (χ3v) is 13.1. The van der Waals surface area contributed by atoms with Crippen molar-refractivity contribution >= 4 is 54.6 Å². The first-order chi connectivity index (χ1) is 30.1. The standard InChI is InChI=1S/C43H65N8O11PS/c1-26(2)19-33(47-42(58)36-14-9-16-50(36)29(5)53)39(55)46-34(21-31-23-45-25-51(31)43(6,7)22-30-12-8-11-27(3)20-30)40(56)48-35(24-52)41(57)49-37(38(44)54)28(4)62-63(59,60)61-17-15-32-13-10-18-64-32/h8,10,12-13,18,20,23,25-28,33-37,52H,9,11,14-17,19,21-22,24H2,1-7H3,(H2,44,54)(H,46,55)(H,47,58)(H,48,56)(H,49,57)(H,59,60). The number of likely N-dealkylation sites (tertiary alicyclic amines) is 1. The van der Waals surface area contributed by atoms with E-state index in [1.807, 2.05) is 49.8 Å². The second-order valence-corrected chi connectivity index (χ2v) is 19.9. The van der Waals surface area contributed by atoms with E-state index in [2.05, 4.69) is 51.4 Å². The van der Waals surface area contributed by atoms with Gasteiger partial charge >= 0.3 is 7.82 Å². The Morgan fingerprint density at radius 3 is 2.36 bits per heavy atom. The molecule has 0 radical (unpaired) electrons. The Hall–Kier alpha value is -4.72. The third kappa shape index (κ3) is 15.2. The fourth-order valence-corrected chi connectivity index (χ4v) is 9.49. The molecule has 8 atom stereocenters. The lowest BCUT2D eigenvalue weighted by molar-refractivity contribution is -0.139. The average molecular weight is 933 g/mol. The highest BCUT2D eigenvalue weighted by atomic mass is 32.1. The van der Waals surface area contributed by atoms with Gasteiger partial charge < -0.3 is 46.5 Å². The van der Waals surface area contributed by atoms with E-state index in [0.717, 1.165) is 16.9 Å². The number of phosphoric acid groups is 1. The number of phosphoric ester groups is 1. The number of aliphatic hydroxyl groups excluding tert-OH is 1. The Morgan fingerprint density at radius 2 is 1.73 bits per heavy atom. The van der Waals surface area contributed by atoms with Gasteiger partial charge in [-0.2, -0.15) is 0 Å². The normalized spacial score (nSPS) is 19.7. The minimum absolute atomic E-state index is 0.0894. The van der Waals surface area contributed by atoms with E-state index in [4.69, 9.17) is 14.8 Å². The second-order valence-electron chi connectivity index (χ2n) is 17.5. The number of nitrogens with two attached hydrogens (primary N) is 1. The molecule has 19 nitrogen and oxygen atoms in total. The number of primary amides is 1. The Bertz CT molecular complexity index is 2050. The van der Waals surface area contributed by atoms with Crippen LogP contribution in [0.15, 0.2) is 53.8 Å². The van der Waals surface area contributed by atoms with Crippen molar-refractivity contribution in [2.45, 2.75) is 135 Å². The molecule has 1 fully saturated rings. The molecule has 2 aliphatic rings. The van der Waals surface area contributed by atoms with E-state index in [0.29, 0.717) is 43.8 Å². The number of hydrogen-bond acceptors (Lipinski definition) is 12. The van der Waals surface area contributed by atoms with Crippen molar-refractivity contribution in [3.05, 3.63) is 64.4 Å². The van der Waals surface area contributed by atoms with Gasteiger partial charge in [-0.25, -0.2) is 9.55 Å². The number of nitrogens with zero attached hydrogens (tertiary/aromatic N) is 3. The van der Waals surface area contributed by atoms with Crippen molar-refractivity contribution in [1.82, 2.24) is 35.7 Å². The van der Waals surface area contributed by atoms with Crippen molar-refractivity contribution in [2.24, 2.45) is 17.6 Å². The Kier molecular flexibility index (Phi) is 19.0. The molecule has 0 bridgehead atoms. The quantitative estimate of drug-likeness (QED) is 0.0748. The van der Waals surface area contributed by atoms with Gasteiger partial charge in [0.2, 0.25) is 35.4 Å². The zero-order valence-corrected chi connectivity index (χ0v) is 39.4. The van der Waals surface area contributed by atoms with Crippen molar-refractivity contribution in [2.75, 3.05) is 19.8 Å². The largest absolute Gasteiger partial charge is 0.472 e. The number of aromatic nitrogens is 2. The van der Waals surface area contributed by atoms with Gasteiger partial charge in [-0.3, -0.25) is 37.8 Å². The summed E-state index contributed by atoms with van der Waals surface area (Å²) < 4.78 is 24.8. The lowest BCUT2D eigenvalue weighted by atomic mass is 9.88. The van der Waals surface area contributed by atoms with Crippen molar-refractivity contribution in [1.29, 1.82) is 0 Å². The van der Waals surface area contributed by atoms with Gasteiger partial charge in [0.05, 0.1) is 25.6 Å². The van der Waals surface area contributed by atoms with Crippen LogP contribution in [0.5, 0.6) is 0 Å². The number of rotatable bonds is 24. The molecule has 6 amide bonds. The highest BCUT2D eigenvalue weighted by molar-refractivity contribution is 7.47. The molecule has 4 rings (SSSR count). The van der Waals surface area contributed by atoms with E-state index in [1.54, 1.807) is 12.5 Å². The van der Waals surface area contributed by atoms with Crippen LogP contribution in [0.1, 0.15) is 91.1 Å². The number of carbonyl (C=O) groups is 6. The van der Waals surface area contributed by atoms with Crippen LogP contribution >= 0.6 is 19.2 Å². The fourth-order valence-electron chi connectivity index (χ4n) is 7.88. The van der Waals surface area contributed by atoms with Gasteiger partial charge in [0.25, 0.3) is 0 Å². The summed E-state index contributed by atoms with van der Waals surface area (Å²) in [5.74, 6) is -4.36. The van der Waals surface area contributed by atoms with E-state index >= 15 is 0 Å². The van der Waals surface area contributed by atoms with E-state index in [-0.39, 0.29) is 31.3 Å². The highest BCUT2D eigenvalue weighted by Crippen LogP contribution is 2.45. The van der Waals surface area contributed by atoms with Gasteiger partial charge in [-0.15, -0.1) is 11.3 Å². The molecule has 1 aliphatic heterocycles. The smallest absolute Gasteiger partial charge is 0.394 e. The highest BCUT2D eigenvalue weighted by Gasteiger charge is 2.38. The molecule has 1 aliphatic carbocycles. The number of amides is 6. The topological polar surface area (TPSA) is 274 Å². The minimum atomic E-state index is -4.75. The predicted molar refractivity (Wildman–Crippen MR) is 239 cm³/mol. The number of thiophene rings is 1. The summed E-state index contributed by atoms with van der Waals surface area (Å²) in [5.41, 5.74) is 6.66. The van der Waals surface area contributed by atoms with Crippen LogP contribution < -0.4 is 27.0 Å². The van der Waals surface area contributed by atoms with Crippen LogP contribution in [0, 0.1) is 11.8 Å². The summed E-state index contributed by atoms with van der Waals surface area (Å²) >= 11 is 1.43. The fraction of sp³-hybridized carbons (Fsp3) is 0.605. The van der Waals surface area contributed by atoms with E-state index in [9.17, 15) is 43.3 Å². The lowest BCUT2D eigenvalue weighted by Crippen LogP contribution is -2.61. The van der Waals surface area contributed by atoms with Gasteiger partial charge in [0.15, 0.2) is 0 Å². The number of allylic oxidation sites excluding steroid dienone is 4. The van der Waals surface area contributed by atoms with Gasteiger partial charge in [-0.05, 0) is 81.7 Å². The zero-order chi connectivity index (χ0) is 47.4. The Morgan fingerprint density at radius 1 is 1.05 bits per heavy atom. The second kappa shape index (κ2) is 23.5. The van der Waals surface area contributed by atoms with Crippen molar-refractivity contribution < 1.29 is 52.4 Å². The SMILES string of the molecule is CC(=O)N1CCCC1C(=O)NC(CC(C)C)C(=O)NC(Cc1cncn1C(C)(C)CC1=CC(C)CC=C1)C(=O)NC(CO)C(=O)NC(C(N)=O)C(C)OP(=O)(O)OCCc1cccs1. The lowest BCUT2D eigenvalue weighted by Gasteiger charge is -2.32. The zero-order valence-electron chi connectivity index (χ0n) is 37.7. The number of aliphatic hydroxyl groups is 1. The van der Waals surface area contributed by atoms with Crippen LogP contribution in [0.25, 0.3) is 0 Å². The number of carbonyl (C=O) groups excluding carboxylic acids is 6. The van der Waals surface area contributed by atoms with Crippen molar-refractivity contribution in [3.8, 4) is 0 Å². The molecule has 1 saturated heterocycles. The monoisotopic (exact) mass is 932 g/mol. The molecule has 2 aromatic rings. The molecule has 8 unspecified atom stereocenters. The molecule has 3 heterocycles. The third-order valence-electron chi connectivity index (χ3n) is 11.1. The summed E-state index contributed by atoms with van der Waals surface area (Å²) in [6.07, 6.45) is 11.0. The molecular weight excluding hydrogens is 868 g/mol. The molecule has 8 N–H and O–H groups in total. The number of hydrogen-bond donors (Lipinski definition) is 7. The van der Waals surface area contributed by atoms with Crippen LogP contribution in [0.3, 0.4) is 0 Å². The maximum absolute atomic E-state index is 14.3. The summed E-state index contributed by atoms with van der Waals surface area (Å²) in [4.78, 5) is 97.6. The first kappa shape index (κ1) is 51.9. The first-order valence-corrected chi connectivity index (χ1v) is 23.9. The molecule has 354 valence electrons. The van der Waals surface area contributed by atoms with Crippen LogP contribution in [-0.4, -0.2) is 116 Å². The predicted octanol–water partition coefficient (Wildman–Crippen LogP) is 2.37. The van der Waals surface area contributed by atoms with E-state index < -0.39 is 85.8 Å². The summed E-state index contributed by atoms with van der Waals surface area (Å²) in [7, 11) is -4.75. The molecule has 0 aromatic carbocycles. The number of nitrogens with one attached hydrogen (secondary N) is 4. The van der Waals surface area contributed by atoms with Gasteiger partial charge in [-0.1, -0.05) is 45.1 Å². The Labute approximate surface area is 378 Å². The van der Waals surface area contributed by atoms with Gasteiger partial charge in [0.1, 0.15) is 30.2 Å².